The van der Waals surface area contributed by atoms with Gasteiger partial charge in [0.05, 0.1) is 12.8 Å². The van der Waals surface area contributed by atoms with Gasteiger partial charge in [0, 0.05) is 12.2 Å². The molecule has 0 saturated heterocycles. The molecule has 0 spiro atoms. The second-order valence-corrected chi connectivity index (χ2v) is 7.73. The van der Waals surface area contributed by atoms with Crippen molar-refractivity contribution >= 4 is 11.8 Å². The fourth-order valence-corrected chi connectivity index (χ4v) is 4.30. The summed E-state index contributed by atoms with van der Waals surface area (Å²) < 4.78 is 7.75. The summed E-state index contributed by atoms with van der Waals surface area (Å²) in [5.74, 6) is 2.54. The topological polar surface area (TPSA) is 39.9 Å². The van der Waals surface area contributed by atoms with Crippen LogP contribution >= 0.6 is 11.8 Å². The fraction of sp³-hybridized carbons (Fsp3) is 0.167. The minimum Gasteiger partial charge on any atom is -0.495 e. The standard InChI is InChI=1S/C24H23N3OS/c1-18-10-6-7-13-20(18)17-29-24-26-25-23(16-19-11-4-3-5-12-19)27(24)21-14-8-9-15-22(21)28-2/h3-15H,16-17H2,1-2H3. The molecule has 4 rings (SSSR count). The Hall–Kier alpha value is -3.05. The number of rotatable bonds is 7. The Kier molecular flexibility index (Phi) is 5.96. The highest BCUT2D eigenvalue weighted by molar-refractivity contribution is 7.98. The summed E-state index contributed by atoms with van der Waals surface area (Å²) in [7, 11) is 1.69. The third-order valence-electron chi connectivity index (χ3n) is 4.85. The van der Waals surface area contributed by atoms with Crippen molar-refractivity contribution in [1.82, 2.24) is 14.8 Å². The first-order valence-electron chi connectivity index (χ1n) is 9.55. The lowest BCUT2D eigenvalue weighted by molar-refractivity contribution is 0.411. The maximum atomic E-state index is 5.63. The number of aromatic nitrogens is 3. The maximum absolute atomic E-state index is 5.63. The molecule has 0 bridgehead atoms. The van der Waals surface area contributed by atoms with E-state index in [0.717, 1.165) is 28.2 Å². The summed E-state index contributed by atoms with van der Waals surface area (Å²) in [6, 6.07) is 26.8. The third-order valence-corrected chi connectivity index (χ3v) is 5.83. The molecular formula is C24H23N3OS. The van der Waals surface area contributed by atoms with Crippen LogP contribution in [0.25, 0.3) is 5.69 Å². The summed E-state index contributed by atoms with van der Waals surface area (Å²) in [6.07, 6.45) is 0.705. The van der Waals surface area contributed by atoms with Crippen molar-refractivity contribution in [2.24, 2.45) is 0 Å². The number of thioether (sulfide) groups is 1. The Labute approximate surface area is 175 Å². The number of nitrogens with zero attached hydrogens (tertiary/aromatic N) is 3. The Bertz CT molecular complexity index is 1090. The summed E-state index contributed by atoms with van der Waals surface area (Å²) in [4.78, 5) is 0. The van der Waals surface area contributed by atoms with Gasteiger partial charge in [0.15, 0.2) is 5.16 Å². The minimum atomic E-state index is 0.705. The summed E-state index contributed by atoms with van der Waals surface area (Å²) in [5, 5.41) is 9.93. The SMILES string of the molecule is COc1ccccc1-n1c(Cc2ccccc2)nnc1SCc1ccccc1C. The van der Waals surface area contributed by atoms with Crippen molar-refractivity contribution in [2.75, 3.05) is 7.11 Å². The molecule has 5 heteroatoms. The lowest BCUT2D eigenvalue weighted by Gasteiger charge is -2.14. The molecule has 1 aromatic heterocycles. The minimum absolute atomic E-state index is 0.705. The molecule has 4 aromatic rings. The largest absolute Gasteiger partial charge is 0.495 e. The molecule has 0 saturated carbocycles. The predicted molar refractivity (Wildman–Crippen MR) is 118 cm³/mol. The lowest BCUT2D eigenvalue weighted by Crippen LogP contribution is -2.05. The molecule has 0 aliphatic carbocycles. The molecular weight excluding hydrogens is 378 g/mol. The van der Waals surface area contributed by atoms with Crippen LogP contribution in [0.2, 0.25) is 0 Å². The van der Waals surface area contributed by atoms with Crippen molar-refractivity contribution in [2.45, 2.75) is 24.3 Å². The Morgan fingerprint density at radius 3 is 2.38 bits per heavy atom. The number of hydrogen-bond acceptors (Lipinski definition) is 4. The highest BCUT2D eigenvalue weighted by atomic mass is 32.2. The number of hydrogen-bond donors (Lipinski definition) is 0. The third kappa shape index (κ3) is 4.35. The average Bonchev–Trinajstić information content (AvgIpc) is 3.16. The second kappa shape index (κ2) is 8.97. The van der Waals surface area contributed by atoms with Crippen LogP contribution in [0.1, 0.15) is 22.5 Å². The molecule has 0 unspecified atom stereocenters. The molecule has 3 aromatic carbocycles. The molecule has 146 valence electrons. The van der Waals surface area contributed by atoms with Crippen LogP contribution in [0.15, 0.2) is 84.0 Å². The van der Waals surface area contributed by atoms with Gasteiger partial charge < -0.3 is 4.74 Å². The zero-order chi connectivity index (χ0) is 20.1. The number of methoxy groups -OCH3 is 1. The average molecular weight is 402 g/mol. The van der Waals surface area contributed by atoms with Crippen LogP contribution < -0.4 is 4.74 Å². The number of para-hydroxylation sites is 2. The summed E-state index contributed by atoms with van der Waals surface area (Å²) in [6.45, 7) is 2.14. The fourth-order valence-electron chi connectivity index (χ4n) is 3.26. The first-order valence-corrected chi connectivity index (χ1v) is 10.5. The second-order valence-electron chi connectivity index (χ2n) is 6.78. The molecule has 0 atom stereocenters. The van der Waals surface area contributed by atoms with Gasteiger partial charge in [-0.25, -0.2) is 0 Å². The van der Waals surface area contributed by atoms with Crippen LogP contribution in [-0.4, -0.2) is 21.9 Å². The van der Waals surface area contributed by atoms with E-state index in [4.69, 9.17) is 4.74 Å². The predicted octanol–water partition coefficient (Wildman–Crippen LogP) is 5.47. The highest BCUT2D eigenvalue weighted by Gasteiger charge is 2.18. The molecule has 0 fully saturated rings. The first kappa shape index (κ1) is 19.3. The number of ether oxygens (including phenoxy) is 1. The number of benzene rings is 3. The summed E-state index contributed by atoms with van der Waals surface area (Å²) >= 11 is 1.69. The normalized spacial score (nSPS) is 10.8. The first-order chi connectivity index (χ1) is 14.3. The van der Waals surface area contributed by atoms with Gasteiger partial charge in [-0.2, -0.15) is 0 Å². The van der Waals surface area contributed by atoms with Crippen molar-refractivity contribution in [1.29, 1.82) is 0 Å². The van der Waals surface area contributed by atoms with Gasteiger partial charge in [-0.05, 0) is 35.7 Å². The van der Waals surface area contributed by atoms with Crippen molar-refractivity contribution in [3.63, 3.8) is 0 Å². The van der Waals surface area contributed by atoms with Gasteiger partial charge in [-0.15, -0.1) is 10.2 Å². The van der Waals surface area contributed by atoms with Crippen molar-refractivity contribution < 1.29 is 4.74 Å². The van der Waals surface area contributed by atoms with Gasteiger partial charge >= 0.3 is 0 Å². The van der Waals surface area contributed by atoms with E-state index < -0.39 is 0 Å². The molecule has 29 heavy (non-hydrogen) atoms. The molecule has 0 aliphatic heterocycles. The van der Waals surface area contributed by atoms with E-state index in [9.17, 15) is 0 Å². The lowest BCUT2D eigenvalue weighted by atomic mass is 10.1. The van der Waals surface area contributed by atoms with Crippen LogP contribution in [0, 0.1) is 6.92 Å². The van der Waals surface area contributed by atoms with Gasteiger partial charge in [0.1, 0.15) is 11.6 Å². The Morgan fingerprint density at radius 1 is 0.862 bits per heavy atom. The van der Waals surface area contributed by atoms with E-state index >= 15 is 0 Å². The Balaban J connectivity index is 1.72. The molecule has 1 heterocycles. The molecule has 0 radical (unpaired) electrons. The molecule has 4 nitrogen and oxygen atoms in total. The maximum Gasteiger partial charge on any atom is 0.196 e. The quantitative estimate of drug-likeness (QED) is 0.385. The van der Waals surface area contributed by atoms with Gasteiger partial charge in [-0.1, -0.05) is 78.5 Å². The van der Waals surface area contributed by atoms with E-state index in [1.807, 2.05) is 36.4 Å². The van der Waals surface area contributed by atoms with E-state index in [2.05, 4.69) is 64.2 Å². The van der Waals surface area contributed by atoms with Crippen molar-refractivity contribution in [3.05, 3.63) is 101 Å². The van der Waals surface area contributed by atoms with Crippen LogP contribution in [-0.2, 0) is 12.2 Å². The smallest absolute Gasteiger partial charge is 0.196 e. The van der Waals surface area contributed by atoms with Gasteiger partial charge in [-0.3, -0.25) is 4.57 Å². The van der Waals surface area contributed by atoms with E-state index in [1.165, 1.54) is 16.7 Å². The van der Waals surface area contributed by atoms with Crippen molar-refractivity contribution in [3.8, 4) is 11.4 Å². The number of aryl methyl sites for hydroxylation is 1. The van der Waals surface area contributed by atoms with Gasteiger partial charge in [0.25, 0.3) is 0 Å². The molecule has 0 amide bonds. The van der Waals surface area contributed by atoms with E-state index in [-0.39, 0.29) is 0 Å². The summed E-state index contributed by atoms with van der Waals surface area (Å²) in [5.41, 5.74) is 4.74. The molecule has 0 aliphatic rings. The Morgan fingerprint density at radius 2 is 1.59 bits per heavy atom. The monoisotopic (exact) mass is 401 g/mol. The van der Waals surface area contributed by atoms with Gasteiger partial charge in [0.2, 0.25) is 0 Å². The van der Waals surface area contributed by atoms with E-state index in [0.29, 0.717) is 6.42 Å². The highest BCUT2D eigenvalue weighted by Crippen LogP contribution is 2.31. The zero-order valence-electron chi connectivity index (χ0n) is 16.6. The zero-order valence-corrected chi connectivity index (χ0v) is 17.4. The molecule has 0 N–H and O–H groups in total. The van der Waals surface area contributed by atoms with Crippen LogP contribution in [0.3, 0.4) is 0 Å². The van der Waals surface area contributed by atoms with Crippen LogP contribution in [0.4, 0.5) is 0 Å². The van der Waals surface area contributed by atoms with E-state index in [1.54, 1.807) is 18.9 Å². The van der Waals surface area contributed by atoms with Crippen LogP contribution in [0.5, 0.6) is 5.75 Å².